The molecule has 0 radical (unpaired) electrons. The molecular formula is C18H15NO6. The van der Waals surface area contributed by atoms with Gasteiger partial charge in [0.2, 0.25) is 0 Å². The van der Waals surface area contributed by atoms with E-state index in [9.17, 15) is 9.59 Å². The maximum atomic E-state index is 12.2. The number of esters is 1. The van der Waals surface area contributed by atoms with Gasteiger partial charge < -0.3 is 18.6 Å². The van der Waals surface area contributed by atoms with Crippen LogP contribution in [0.3, 0.4) is 0 Å². The highest BCUT2D eigenvalue weighted by Gasteiger charge is 2.15. The quantitative estimate of drug-likeness (QED) is 0.503. The Balaban J connectivity index is 1.68. The third-order valence-electron chi connectivity index (χ3n) is 3.61. The molecule has 1 aromatic heterocycles. The molecule has 0 aliphatic heterocycles. The second-order valence-corrected chi connectivity index (χ2v) is 5.10. The summed E-state index contributed by atoms with van der Waals surface area (Å²) >= 11 is 0. The van der Waals surface area contributed by atoms with E-state index in [0.717, 1.165) is 0 Å². The molecule has 1 heterocycles. The number of Topliss-reactive ketones (excluding diaryl/α,β-unsaturated/α-hetero) is 1. The molecule has 0 amide bonds. The lowest BCUT2D eigenvalue weighted by molar-refractivity contribution is 0.0475. The number of fused-ring (bicyclic) bond motifs is 1. The smallest absolute Gasteiger partial charge is 0.338 e. The number of oxazole rings is 1. The number of ketones is 1. The van der Waals surface area contributed by atoms with Gasteiger partial charge in [-0.15, -0.1) is 0 Å². The minimum Gasteiger partial charge on any atom is -0.493 e. The third-order valence-corrected chi connectivity index (χ3v) is 3.61. The van der Waals surface area contributed by atoms with Crippen LogP contribution >= 0.6 is 0 Å². The van der Waals surface area contributed by atoms with Crippen LogP contribution in [0.5, 0.6) is 11.5 Å². The van der Waals surface area contributed by atoms with Crippen molar-refractivity contribution in [2.45, 2.75) is 0 Å². The first-order valence-corrected chi connectivity index (χ1v) is 7.38. The summed E-state index contributed by atoms with van der Waals surface area (Å²) in [4.78, 5) is 28.3. The van der Waals surface area contributed by atoms with Crippen LogP contribution in [0.2, 0.25) is 0 Å². The number of rotatable bonds is 6. The Kier molecular flexibility index (Phi) is 4.65. The molecule has 0 bridgehead atoms. The number of ether oxygens (including phenoxy) is 3. The molecule has 3 rings (SSSR count). The molecule has 0 spiro atoms. The second kappa shape index (κ2) is 7.04. The SMILES string of the molecule is COc1ccc(C(=O)COC(=O)c2ccc3ocnc3c2)cc1OC. The zero-order chi connectivity index (χ0) is 17.8. The summed E-state index contributed by atoms with van der Waals surface area (Å²) in [5.41, 5.74) is 1.76. The van der Waals surface area contributed by atoms with Crippen molar-refractivity contribution in [3.05, 3.63) is 53.9 Å². The fourth-order valence-electron chi connectivity index (χ4n) is 2.29. The molecule has 128 valence electrons. The summed E-state index contributed by atoms with van der Waals surface area (Å²) in [6.07, 6.45) is 1.29. The number of hydrogen-bond donors (Lipinski definition) is 0. The number of nitrogens with zero attached hydrogens (tertiary/aromatic N) is 1. The first-order chi connectivity index (χ1) is 12.1. The summed E-state index contributed by atoms with van der Waals surface area (Å²) < 4.78 is 20.5. The zero-order valence-electron chi connectivity index (χ0n) is 13.6. The summed E-state index contributed by atoms with van der Waals surface area (Å²) in [7, 11) is 2.99. The number of carbonyl (C=O) groups is 2. The van der Waals surface area contributed by atoms with Gasteiger partial charge in [0.15, 0.2) is 35.9 Å². The Morgan fingerprint density at radius 2 is 1.76 bits per heavy atom. The fourth-order valence-corrected chi connectivity index (χ4v) is 2.29. The first-order valence-electron chi connectivity index (χ1n) is 7.38. The molecule has 25 heavy (non-hydrogen) atoms. The van der Waals surface area contributed by atoms with Crippen molar-refractivity contribution in [2.24, 2.45) is 0 Å². The first kappa shape index (κ1) is 16.5. The van der Waals surface area contributed by atoms with Crippen LogP contribution in [0.1, 0.15) is 20.7 Å². The summed E-state index contributed by atoms with van der Waals surface area (Å²) in [5.74, 6) is -0.0244. The summed E-state index contributed by atoms with van der Waals surface area (Å²) in [6, 6.07) is 9.45. The van der Waals surface area contributed by atoms with Crippen molar-refractivity contribution in [3.63, 3.8) is 0 Å². The van der Waals surface area contributed by atoms with Crippen LogP contribution in [-0.4, -0.2) is 37.6 Å². The number of methoxy groups -OCH3 is 2. The average Bonchev–Trinajstić information content (AvgIpc) is 3.12. The standard InChI is InChI=1S/C18H15NO6/c1-22-16-6-3-11(8-17(16)23-2)14(20)9-24-18(21)12-4-5-15-13(7-12)19-10-25-15/h3-8,10H,9H2,1-2H3. The van der Waals surface area contributed by atoms with Crippen molar-refractivity contribution in [3.8, 4) is 11.5 Å². The van der Waals surface area contributed by atoms with Gasteiger partial charge in [-0.05, 0) is 36.4 Å². The molecular weight excluding hydrogens is 326 g/mol. The van der Waals surface area contributed by atoms with Crippen molar-refractivity contribution in [1.29, 1.82) is 0 Å². The topological polar surface area (TPSA) is 87.9 Å². The lowest BCUT2D eigenvalue weighted by Crippen LogP contribution is -2.14. The highest BCUT2D eigenvalue weighted by atomic mass is 16.5. The van der Waals surface area contributed by atoms with Crippen molar-refractivity contribution in [1.82, 2.24) is 4.98 Å². The van der Waals surface area contributed by atoms with Crippen LogP contribution in [0.25, 0.3) is 11.1 Å². The van der Waals surface area contributed by atoms with E-state index in [0.29, 0.717) is 33.7 Å². The predicted molar refractivity (Wildman–Crippen MR) is 88.2 cm³/mol. The minimum absolute atomic E-state index is 0.293. The number of benzene rings is 2. The van der Waals surface area contributed by atoms with Crippen LogP contribution < -0.4 is 9.47 Å². The molecule has 2 aromatic carbocycles. The molecule has 7 nitrogen and oxygen atoms in total. The molecule has 0 aliphatic rings. The highest BCUT2D eigenvalue weighted by Crippen LogP contribution is 2.27. The van der Waals surface area contributed by atoms with E-state index in [1.54, 1.807) is 30.3 Å². The van der Waals surface area contributed by atoms with E-state index in [4.69, 9.17) is 18.6 Å². The van der Waals surface area contributed by atoms with E-state index in [1.807, 2.05) is 0 Å². The van der Waals surface area contributed by atoms with Gasteiger partial charge in [-0.25, -0.2) is 9.78 Å². The van der Waals surface area contributed by atoms with E-state index < -0.39 is 5.97 Å². The van der Waals surface area contributed by atoms with Crippen molar-refractivity contribution in [2.75, 3.05) is 20.8 Å². The normalized spacial score (nSPS) is 10.5. The maximum Gasteiger partial charge on any atom is 0.338 e. The van der Waals surface area contributed by atoms with Crippen LogP contribution in [0, 0.1) is 0 Å². The fraction of sp³-hybridized carbons (Fsp3) is 0.167. The third kappa shape index (κ3) is 3.45. The van der Waals surface area contributed by atoms with E-state index in [1.165, 1.54) is 26.7 Å². The molecule has 7 heteroatoms. The minimum atomic E-state index is -0.612. The van der Waals surface area contributed by atoms with E-state index in [2.05, 4.69) is 4.98 Å². The lowest BCUT2D eigenvalue weighted by Gasteiger charge is -2.09. The average molecular weight is 341 g/mol. The van der Waals surface area contributed by atoms with Gasteiger partial charge >= 0.3 is 5.97 Å². The Hall–Kier alpha value is -3.35. The van der Waals surface area contributed by atoms with Gasteiger partial charge in [0, 0.05) is 5.56 Å². The van der Waals surface area contributed by atoms with E-state index >= 15 is 0 Å². The monoisotopic (exact) mass is 341 g/mol. The molecule has 0 N–H and O–H groups in total. The van der Waals surface area contributed by atoms with Crippen molar-refractivity contribution >= 4 is 22.9 Å². The highest BCUT2D eigenvalue weighted by molar-refractivity contribution is 6.00. The lowest BCUT2D eigenvalue weighted by atomic mass is 10.1. The molecule has 0 atom stereocenters. The molecule has 3 aromatic rings. The van der Waals surface area contributed by atoms with Gasteiger partial charge in [-0.2, -0.15) is 0 Å². The summed E-state index contributed by atoms with van der Waals surface area (Å²) in [5, 5.41) is 0. The Labute approximate surface area is 143 Å². The molecule has 0 saturated carbocycles. The van der Waals surface area contributed by atoms with Gasteiger partial charge in [0.05, 0.1) is 19.8 Å². The van der Waals surface area contributed by atoms with Crippen LogP contribution in [0.4, 0.5) is 0 Å². The number of hydrogen-bond acceptors (Lipinski definition) is 7. The molecule has 0 unspecified atom stereocenters. The second-order valence-electron chi connectivity index (χ2n) is 5.10. The van der Waals surface area contributed by atoms with Crippen molar-refractivity contribution < 1.29 is 28.2 Å². The predicted octanol–water partition coefficient (Wildman–Crippen LogP) is 2.88. The summed E-state index contributed by atoms with van der Waals surface area (Å²) in [6.45, 7) is -0.384. The number of carbonyl (C=O) groups excluding carboxylic acids is 2. The number of aromatic nitrogens is 1. The van der Waals surface area contributed by atoms with E-state index in [-0.39, 0.29) is 12.4 Å². The molecule has 0 saturated heterocycles. The van der Waals surface area contributed by atoms with Gasteiger partial charge in [0.25, 0.3) is 0 Å². The zero-order valence-corrected chi connectivity index (χ0v) is 13.6. The molecule has 0 fully saturated rings. The largest absolute Gasteiger partial charge is 0.493 e. The Bertz CT molecular complexity index is 930. The Morgan fingerprint density at radius 3 is 2.52 bits per heavy atom. The Morgan fingerprint density at radius 1 is 1.00 bits per heavy atom. The van der Waals surface area contributed by atoms with Gasteiger partial charge in [0.1, 0.15) is 5.52 Å². The van der Waals surface area contributed by atoms with Crippen LogP contribution in [-0.2, 0) is 4.74 Å². The van der Waals surface area contributed by atoms with Gasteiger partial charge in [-0.3, -0.25) is 4.79 Å². The maximum absolute atomic E-state index is 12.2. The van der Waals surface area contributed by atoms with Crippen LogP contribution in [0.15, 0.2) is 47.2 Å². The molecule has 0 aliphatic carbocycles. The van der Waals surface area contributed by atoms with Gasteiger partial charge in [-0.1, -0.05) is 0 Å².